The third kappa shape index (κ3) is 1.80. The lowest BCUT2D eigenvalue weighted by Gasteiger charge is -2.06. The van der Waals surface area contributed by atoms with Crippen molar-refractivity contribution in [3.63, 3.8) is 0 Å². The number of halogens is 1. The summed E-state index contributed by atoms with van der Waals surface area (Å²) in [6.45, 7) is 0. The zero-order valence-electron chi connectivity index (χ0n) is 6.37. The first-order valence-corrected chi connectivity index (χ1v) is 3.55. The lowest BCUT2D eigenvalue weighted by molar-refractivity contribution is 0.178. The SMILES string of the molecule is N#CC[C@H](O)c1ccccc1F. The minimum atomic E-state index is -1.02. The number of rotatable bonds is 2. The number of hydrogen-bond acceptors (Lipinski definition) is 2. The van der Waals surface area contributed by atoms with Crippen molar-refractivity contribution >= 4 is 0 Å². The van der Waals surface area contributed by atoms with E-state index >= 15 is 0 Å². The average Bonchev–Trinajstić information content (AvgIpc) is 2.05. The van der Waals surface area contributed by atoms with Crippen LogP contribution in [0.25, 0.3) is 0 Å². The quantitative estimate of drug-likeness (QED) is 0.725. The van der Waals surface area contributed by atoms with Gasteiger partial charge in [0.05, 0.1) is 18.6 Å². The van der Waals surface area contributed by atoms with Crippen LogP contribution in [0.2, 0.25) is 0 Å². The first kappa shape index (κ1) is 8.69. The summed E-state index contributed by atoms with van der Waals surface area (Å²) < 4.78 is 12.9. The molecule has 0 aliphatic carbocycles. The smallest absolute Gasteiger partial charge is 0.129 e. The molecule has 0 saturated carbocycles. The van der Waals surface area contributed by atoms with Crippen molar-refractivity contribution in [3.8, 4) is 6.07 Å². The number of hydrogen-bond donors (Lipinski definition) is 1. The van der Waals surface area contributed by atoms with E-state index in [0.717, 1.165) is 0 Å². The van der Waals surface area contributed by atoms with Crippen LogP contribution in [0.3, 0.4) is 0 Å². The van der Waals surface area contributed by atoms with Gasteiger partial charge in [-0.2, -0.15) is 5.26 Å². The van der Waals surface area contributed by atoms with Crippen molar-refractivity contribution < 1.29 is 9.50 Å². The molecule has 0 saturated heterocycles. The van der Waals surface area contributed by atoms with Gasteiger partial charge in [-0.05, 0) is 6.07 Å². The molecular formula is C9H8FNO. The van der Waals surface area contributed by atoms with Gasteiger partial charge in [-0.3, -0.25) is 0 Å². The van der Waals surface area contributed by atoms with Crippen molar-refractivity contribution in [2.45, 2.75) is 12.5 Å². The molecule has 1 aromatic rings. The van der Waals surface area contributed by atoms with E-state index in [1.807, 2.05) is 0 Å². The number of nitrogens with zero attached hydrogens (tertiary/aromatic N) is 1. The van der Waals surface area contributed by atoms with Gasteiger partial charge in [0.15, 0.2) is 0 Å². The maximum Gasteiger partial charge on any atom is 0.129 e. The molecule has 0 aromatic heterocycles. The van der Waals surface area contributed by atoms with Crippen LogP contribution in [0.5, 0.6) is 0 Å². The maximum atomic E-state index is 12.9. The summed E-state index contributed by atoms with van der Waals surface area (Å²) in [7, 11) is 0. The summed E-state index contributed by atoms with van der Waals surface area (Å²) in [6, 6.07) is 7.67. The van der Waals surface area contributed by atoms with Gasteiger partial charge in [0.25, 0.3) is 0 Å². The Balaban J connectivity index is 2.88. The predicted molar refractivity (Wildman–Crippen MR) is 41.6 cm³/mol. The molecule has 3 heteroatoms. The zero-order chi connectivity index (χ0) is 8.97. The first-order chi connectivity index (χ1) is 5.75. The Kier molecular flexibility index (Phi) is 2.78. The van der Waals surface area contributed by atoms with Crippen molar-refractivity contribution in [3.05, 3.63) is 35.6 Å². The second-order valence-corrected chi connectivity index (χ2v) is 2.40. The van der Waals surface area contributed by atoms with Crippen LogP contribution in [0, 0.1) is 17.1 Å². The Bertz CT molecular complexity index is 306. The van der Waals surface area contributed by atoms with Crippen LogP contribution in [0.4, 0.5) is 4.39 Å². The normalized spacial score (nSPS) is 12.1. The number of nitriles is 1. The largest absolute Gasteiger partial charge is 0.387 e. The molecule has 0 radical (unpaired) electrons. The zero-order valence-corrected chi connectivity index (χ0v) is 6.37. The average molecular weight is 165 g/mol. The standard InChI is InChI=1S/C9H8FNO/c10-8-4-2-1-3-7(8)9(12)5-6-11/h1-4,9,12H,5H2/t9-/m0/s1. The van der Waals surface area contributed by atoms with Crippen LogP contribution in [0.1, 0.15) is 18.1 Å². The molecular weight excluding hydrogens is 157 g/mol. The fraction of sp³-hybridized carbons (Fsp3) is 0.222. The van der Waals surface area contributed by atoms with E-state index in [-0.39, 0.29) is 12.0 Å². The Morgan fingerprint density at radius 3 is 2.75 bits per heavy atom. The van der Waals surface area contributed by atoms with Crippen LogP contribution in [-0.2, 0) is 0 Å². The topological polar surface area (TPSA) is 44.0 Å². The summed E-state index contributed by atoms with van der Waals surface area (Å²) in [4.78, 5) is 0. The summed E-state index contributed by atoms with van der Waals surface area (Å²) >= 11 is 0. The molecule has 1 N–H and O–H groups in total. The Morgan fingerprint density at radius 2 is 2.17 bits per heavy atom. The molecule has 2 nitrogen and oxygen atoms in total. The number of aliphatic hydroxyl groups excluding tert-OH is 1. The molecule has 1 rings (SSSR count). The molecule has 12 heavy (non-hydrogen) atoms. The second-order valence-electron chi connectivity index (χ2n) is 2.40. The molecule has 0 aliphatic heterocycles. The third-order valence-corrected chi connectivity index (χ3v) is 1.55. The summed E-state index contributed by atoms with van der Waals surface area (Å²) in [5.74, 6) is -0.472. The molecule has 0 amide bonds. The first-order valence-electron chi connectivity index (χ1n) is 3.55. The molecule has 1 aromatic carbocycles. The molecule has 0 bridgehead atoms. The molecule has 0 spiro atoms. The van der Waals surface area contributed by atoms with E-state index in [1.165, 1.54) is 18.2 Å². The van der Waals surface area contributed by atoms with Gasteiger partial charge >= 0.3 is 0 Å². The highest BCUT2D eigenvalue weighted by Gasteiger charge is 2.10. The van der Waals surface area contributed by atoms with Gasteiger partial charge in [0.2, 0.25) is 0 Å². The third-order valence-electron chi connectivity index (χ3n) is 1.55. The summed E-state index contributed by atoms with van der Waals surface area (Å²) in [5, 5.41) is 17.5. The van der Waals surface area contributed by atoms with Gasteiger partial charge < -0.3 is 5.11 Å². The highest BCUT2D eigenvalue weighted by molar-refractivity contribution is 5.20. The minimum Gasteiger partial charge on any atom is -0.387 e. The summed E-state index contributed by atoms with van der Waals surface area (Å²) in [5.41, 5.74) is 0.180. The highest BCUT2D eigenvalue weighted by atomic mass is 19.1. The highest BCUT2D eigenvalue weighted by Crippen LogP contribution is 2.18. The molecule has 0 unspecified atom stereocenters. The number of benzene rings is 1. The Hall–Kier alpha value is -1.40. The monoisotopic (exact) mass is 165 g/mol. The van der Waals surface area contributed by atoms with E-state index in [0.29, 0.717) is 0 Å². The van der Waals surface area contributed by atoms with E-state index in [1.54, 1.807) is 12.1 Å². The van der Waals surface area contributed by atoms with Crippen molar-refractivity contribution in [1.82, 2.24) is 0 Å². The van der Waals surface area contributed by atoms with Gasteiger partial charge in [0, 0.05) is 5.56 Å². The molecule has 0 fully saturated rings. The van der Waals surface area contributed by atoms with Crippen molar-refractivity contribution in [2.75, 3.05) is 0 Å². The van der Waals surface area contributed by atoms with Gasteiger partial charge in [-0.25, -0.2) is 4.39 Å². The molecule has 0 aliphatic rings. The fourth-order valence-electron chi connectivity index (χ4n) is 0.942. The summed E-state index contributed by atoms with van der Waals surface area (Å²) in [6.07, 6.45) is -1.10. The van der Waals surface area contributed by atoms with E-state index in [4.69, 9.17) is 5.26 Å². The Labute approximate surface area is 69.9 Å². The lowest BCUT2D eigenvalue weighted by atomic mass is 10.1. The van der Waals surface area contributed by atoms with Crippen LogP contribution < -0.4 is 0 Å². The van der Waals surface area contributed by atoms with Gasteiger partial charge in [0.1, 0.15) is 5.82 Å². The van der Waals surface area contributed by atoms with E-state index in [9.17, 15) is 9.50 Å². The molecule has 62 valence electrons. The minimum absolute atomic E-state index is 0.0824. The van der Waals surface area contributed by atoms with Crippen molar-refractivity contribution in [1.29, 1.82) is 5.26 Å². The fourth-order valence-corrected chi connectivity index (χ4v) is 0.942. The molecule has 0 heterocycles. The Morgan fingerprint density at radius 1 is 1.50 bits per heavy atom. The molecule has 1 atom stereocenters. The van der Waals surface area contributed by atoms with Crippen LogP contribution >= 0.6 is 0 Å². The van der Waals surface area contributed by atoms with E-state index in [2.05, 4.69) is 0 Å². The van der Waals surface area contributed by atoms with Crippen LogP contribution in [0.15, 0.2) is 24.3 Å². The van der Waals surface area contributed by atoms with Crippen molar-refractivity contribution in [2.24, 2.45) is 0 Å². The second kappa shape index (κ2) is 3.84. The maximum absolute atomic E-state index is 12.9. The lowest BCUT2D eigenvalue weighted by Crippen LogP contribution is -1.98. The van der Waals surface area contributed by atoms with E-state index < -0.39 is 11.9 Å². The van der Waals surface area contributed by atoms with Gasteiger partial charge in [-0.1, -0.05) is 18.2 Å². The van der Waals surface area contributed by atoms with Gasteiger partial charge in [-0.15, -0.1) is 0 Å². The predicted octanol–water partition coefficient (Wildman–Crippen LogP) is 1.77. The van der Waals surface area contributed by atoms with Crippen LogP contribution in [-0.4, -0.2) is 5.11 Å². The number of aliphatic hydroxyl groups is 1.